The van der Waals surface area contributed by atoms with Crippen LogP contribution in [-0.2, 0) is 9.53 Å². The zero-order chi connectivity index (χ0) is 20.1. The van der Waals surface area contributed by atoms with E-state index in [2.05, 4.69) is 5.32 Å². The van der Waals surface area contributed by atoms with E-state index in [9.17, 15) is 14.4 Å². The van der Waals surface area contributed by atoms with Crippen LogP contribution in [0.4, 0.5) is 5.88 Å². The van der Waals surface area contributed by atoms with Crippen LogP contribution in [0.3, 0.4) is 0 Å². The highest BCUT2D eigenvalue weighted by atomic mass is 35.5. The Morgan fingerprint density at radius 2 is 1.85 bits per heavy atom. The summed E-state index contributed by atoms with van der Waals surface area (Å²) in [6.45, 7) is 4.16. The van der Waals surface area contributed by atoms with Crippen molar-refractivity contribution in [3.63, 3.8) is 0 Å². The maximum Gasteiger partial charge on any atom is 0.344 e. The van der Waals surface area contributed by atoms with Crippen LogP contribution in [0.1, 0.15) is 40.3 Å². The Bertz CT molecular complexity index is 890. The van der Waals surface area contributed by atoms with Gasteiger partial charge in [-0.05, 0) is 32.9 Å². The summed E-state index contributed by atoms with van der Waals surface area (Å²) in [5.41, 5.74) is -0.0566. The van der Waals surface area contributed by atoms with Gasteiger partial charge in [-0.2, -0.15) is 0 Å². The minimum absolute atomic E-state index is 0.0640. The first kappa shape index (κ1) is 20.8. The lowest BCUT2D eigenvalue weighted by Gasteiger charge is -2.08. The quantitative estimate of drug-likeness (QED) is 0.537. The van der Waals surface area contributed by atoms with Gasteiger partial charge in [0, 0.05) is 6.07 Å². The van der Waals surface area contributed by atoms with E-state index in [-0.39, 0.29) is 46.8 Å². The van der Waals surface area contributed by atoms with Crippen molar-refractivity contribution in [3.8, 4) is 5.75 Å². The lowest BCUT2D eigenvalue weighted by molar-refractivity contribution is -0.118. The Labute approximate surface area is 165 Å². The number of halogens is 2. The van der Waals surface area contributed by atoms with Gasteiger partial charge in [0.1, 0.15) is 17.1 Å². The van der Waals surface area contributed by atoms with Gasteiger partial charge < -0.3 is 13.9 Å². The van der Waals surface area contributed by atoms with Gasteiger partial charge in [0.25, 0.3) is 5.91 Å². The number of furan rings is 1. The summed E-state index contributed by atoms with van der Waals surface area (Å²) in [6, 6.07) is 4.55. The molecule has 0 atom stereocenters. The molecular weight excluding hydrogens is 397 g/mol. The number of Topliss-reactive ketones (excluding diaryl/α,β-unsaturated/α-hetero) is 1. The van der Waals surface area contributed by atoms with Crippen molar-refractivity contribution in [2.24, 2.45) is 0 Å². The number of hydrogen-bond donors (Lipinski definition) is 1. The van der Waals surface area contributed by atoms with Crippen molar-refractivity contribution in [3.05, 3.63) is 45.1 Å². The molecule has 0 radical (unpaired) electrons. The lowest BCUT2D eigenvalue weighted by atomic mass is 10.1. The van der Waals surface area contributed by atoms with Crippen LogP contribution in [0, 0.1) is 6.92 Å². The molecule has 27 heavy (non-hydrogen) atoms. The fourth-order valence-corrected chi connectivity index (χ4v) is 2.62. The second-order valence-corrected chi connectivity index (χ2v) is 6.24. The molecule has 0 bridgehead atoms. The Morgan fingerprint density at radius 1 is 1.15 bits per heavy atom. The third kappa shape index (κ3) is 5.02. The normalized spacial score (nSPS) is 10.4. The topological polar surface area (TPSA) is 94.8 Å². The minimum atomic E-state index is -0.764. The third-order valence-corrected chi connectivity index (χ3v) is 4.17. The average Bonchev–Trinajstić information content (AvgIpc) is 2.92. The van der Waals surface area contributed by atoms with Crippen LogP contribution in [0.15, 0.2) is 22.6 Å². The molecule has 1 amide bonds. The van der Waals surface area contributed by atoms with Gasteiger partial charge >= 0.3 is 5.97 Å². The first-order valence-corrected chi connectivity index (χ1v) is 8.69. The van der Waals surface area contributed by atoms with Gasteiger partial charge in [-0.15, -0.1) is 0 Å². The number of carbonyl (C=O) groups excluding carboxylic acids is 3. The van der Waals surface area contributed by atoms with E-state index in [0.717, 1.165) is 0 Å². The maximum absolute atomic E-state index is 12.2. The molecule has 1 aromatic carbocycles. The van der Waals surface area contributed by atoms with Crippen molar-refractivity contribution >= 4 is 46.7 Å². The fraction of sp³-hybridized carbons (Fsp3) is 0.278. The second kappa shape index (κ2) is 8.92. The summed E-state index contributed by atoms with van der Waals surface area (Å²) >= 11 is 11.7. The van der Waals surface area contributed by atoms with E-state index in [4.69, 9.17) is 37.1 Å². The summed E-state index contributed by atoms with van der Waals surface area (Å²) in [5, 5.41) is 3.06. The number of nitrogens with one attached hydrogen (secondary N) is 1. The highest BCUT2D eigenvalue weighted by molar-refractivity contribution is 6.42. The van der Waals surface area contributed by atoms with Crippen LogP contribution >= 0.6 is 23.2 Å². The number of amides is 1. The Morgan fingerprint density at radius 3 is 2.44 bits per heavy atom. The number of hydrogen-bond acceptors (Lipinski definition) is 6. The average molecular weight is 414 g/mol. The number of anilines is 1. The zero-order valence-corrected chi connectivity index (χ0v) is 16.4. The molecule has 0 aliphatic heterocycles. The van der Waals surface area contributed by atoms with E-state index in [1.165, 1.54) is 26.0 Å². The van der Waals surface area contributed by atoms with Crippen molar-refractivity contribution in [2.45, 2.75) is 20.8 Å². The number of aryl methyl sites for hydroxylation is 1. The predicted octanol–water partition coefficient (Wildman–Crippen LogP) is 4.29. The summed E-state index contributed by atoms with van der Waals surface area (Å²) < 4.78 is 15.7. The van der Waals surface area contributed by atoms with Crippen LogP contribution in [-0.4, -0.2) is 30.9 Å². The Balaban J connectivity index is 2.16. The number of ketones is 1. The predicted molar refractivity (Wildman–Crippen MR) is 100.0 cm³/mol. The monoisotopic (exact) mass is 413 g/mol. The van der Waals surface area contributed by atoms with E-state index in [1.807, 2.05) is 0 Å². The zero-order valence-electron chi connectivity index (χ0n) is 14.9. The molecule has 0 saturated heterocycles. The molecule has 9 heteroatoms. The van der Waals surface area contributed by atoms with Gasteiger partial charge in [0.2, 0.25) is 5.88 Å². The van der Waals surface area contributed by atoms with E-state index >= 15 is 0 Å². The number of carbonyl (C=O) groups is 3. The highest BCUT2D eigenvalue weighted by Crippen LogP contribution is 2.29. The Hall–Kier alpha value is -2.51. The standard InChI is InChI=1S/C18H17Cl2NO6/c1-4-25-18(24)16-15(9(2)22)10(3)27-17(16)21-14(23)8-26-11-5-6-12(19)13(20)7-11/h5-7H,4,8H2,1-3H3,(H,21,23). The lowest BCUT2D eigenvalue weighted by Crippen LogP contribution is -2.21. The largest absolute Gasteiger partial charge is 0.484 e. The van der Waals surface area contributed by atoms with Gasteiger partial charge in [0.05, 0.1) is 22.2 Å². The summed E-state index contributed by atoms with van der Waals surface area (Å²) in [7, 11) is 0. The van der Waals surface area contributed by atoms with Gasteiger partial charge in [0.15, 0.2) is 12.4 Å². The molecule has 0 fully saturated rings. The van der Waals surface area contributed by atoms with Crippen molar-refractivity contribution < 1.29 is 28.3 Å². The van der Waals surface area contributed by atoms with Crippen LogP contribution in [0.25, 0.3) is 0 Å². The van der Waals surface area contributed by atoms with Gasteiger partial charge in [-0.25, -0.2) is 4.79 Å². The molecule has 0 spiro atoms. The van der Waals surface area contributed by atoms with Gasteiger partial charge in [-0.1, -0.05) is 23.2 Å². The SMILES string of the molecule is CCOC(=O)c1c(NC(=O)COc2ccc(Cl)c(Cl)c2)oc(C)c1C(C)=O. The second-order valence-electron chi connectivity index (χ2n) is 5.43. The van der Waals surface area contributed by atoms with Crippen LogP contribution in [0.2, 0.25) is 10.0 Å². The van der Waals surface area contributed by atoms with E-state index in [1.54, 1.807) is 13.0 Å². The molecule has 1 heterocycles. The number of ether oxygens (including phenoxy) is 2. The van der Waals surface area contributed by atoms with Crippen molar-refractivity contribution in [1.82, 2.24) is 0 Å². The van der Waals surface area contributed by atoms with Crippen molar-refractivity contribution in [2.75, 3.05) is 18.5 Å². The van der Waals surface area contributed by atoms with Crippen LogP contribution in [0.5, 0.6) is 5.75 Å². The molecule has 1 aromatic heterocycles. The first-order chi connectivity index (χ1) is 12.7. The molecule has 0 aliphatic rings. The molecule has 2 rings (SSSR count). The Kier molecular flexibility index (Phi) is 6.87. The molecule has 2 aromatic rings. The molecule has 7 nitrogen and oxygen atoms in total. The molecule has 144 valence electrons. The number of esters is 1. The summed E-state index contributed by atoms with van der Waals surface area (Å²) in [6.07, 6.45) is 0. The smallest absolute Gasteiger partial charge is 0.344 e. The van der Waals surface area contributed by atoms with Crippen LogP contribution < -0.4 is 10.1 Å². The summed E-state index contributed by atoms with van der Waals surface area (Å²) in [4.78, 5) is 36.2. The summed E-state index contributed by atoms with van der Waals surface area (Å²) in [5.74, 6) is -1.38. The fourth-order valence-electron chi connectivity index (χ4n) is 2.33. The molecule has 0 unspecified atom stereocenters. The number of benzene rings is 1. The van der Waals surface area contributed by atoms with Crippen molar-refractivity contribution in [1.29, 1.82) is 0 Å². The van der Waals surface area contributed by atoms with E-state index in [0.29, 0.717) is 10.8 Å². The third-order valence-electron chi connectivity index (χ3n) is 3.43. The molecular formula is C18H17Cl2NO6. The van der Waals surface area contributed by atoms with E-state index < -0.39 is 11.9 Å². The number of rotatable bonds is 7. The molecule has 1 N–H and O–H groups in total. The molecule has 0 aliphatic carbocycles. The maximum atomic E-state index is 12.2. The van der Waals surface area contributed by atoms with Gasteiger partial charge in [-0.3, -0.25) is 14.9 Å². The highest BCUT2D eigenvalue weighted by Gasteiger charge is 2.28. The first-order valence-electron chi connectivity index (χ1n) is 7.93. The molecule has 0 saturated carbocycles. The minimum Gasteiger partial charge on any atom is -0.484 e.